The van der Waals surface area contributed by atoms with Crippen LogP contribution in [0, 0.1) is 16.0 Å². The first-order valence-corrected chi connectivity index (χ1v) is 15.2. The molecule has 2 aliphatic rings. The maximum absolute atomic E-state index is 11.7. The molecule has 7 nitrogen and oxygen atoms in total. The summed E-state index contributed by atoms with van der Waals surface area (Å²) in [6, 6.07) is 15.4. The van der Waals surface area contributed by atoms with Gasteiger partial charge in [0.2, 0.25) is 0 Å². The zero-order valence-electron chi connectivity index (χ0n) is 20.5. The maximum atomic E-state index is 11.7. The number of rotatable bonds is 11. The maximum Gasteiger partial charge on any atom is 0.293 e. The van der Waals surface area contributed by atoms with Crippen molar-refractivity contribution in [2.24, 2.45) is 5.92 Å². The van der Waals surface area contributed by atoms with Crippen molar-refractivity contribution in [2.75, 3.05) is 0 Å². The smallest absolute Gasteiger partial charge is 0.293 e. The highest BCUT2D eigenvalue weighted by Crippen LogP contribution is 2.46. The second-order valence-electron chi connectivity index (χ2n) is 9.65. The van der Waals surface area contributed by atoms with Crippen molar-refractivity contribution < 1.29 is 14.1 Å². The lowest BCUT2D eigenvalue weighted by atomic mass is 9.89. The first kappa shape index (κ1) is 25.0. The van der Waals surface area contributed by atoms with Crippen molar-refractivity contribution >= 4 is 14.0 Å². The van der Waals surface area contributed by atoms with Crippen LogP contribution in [0.1, 0.15) is 57.3 Å². The van der Waals surface area contributed by atoms with Crippen LogP contribution < -0.4 is 5.32 Å². The molecule has 1 aromatic carbocycles. The van der Waals surface area contributed by atoms with Gasteiger partial charge in [-0.1, -0.05) is 51.1 Å². The van der Waals surface area contributed by atoms with Crippen LogP contribution in [-0.2, 0) is 15.7 Å². The Morgan fingerprint density at radius 3 is 2.47 bits per heavy atom. The lowest BCUT2D eigenvalue weighted by Crippen LogP contribution is -2.58. The van der Waals surface area contributed by atoms with E-state index >= 15 is 0 Å². The molecule has 4 atom stereocenters. The van der Waals surface area contributed by atoms with Gasteiger partial charge in [0.1, 0.15) is 6.20 Å². The Labute approximate surface area is 203 Å². The second-order valence-corrected chi connectivity index (χ2v) is 14.4. The van der Waals surface area contributed by atoms with E-state index in [-0.39, 0.29) is 35.0 Å². The summed E-state index contributed by atoms with van der Waals surface area (Å²) in [7, 11) is -1.88. The summed E-state index contributed by atoms with van der Waals surface area (Å²) in [5.41, 5.74) is 1.86. The van der Waals surface area contributed by atoms with Crippen molar-refractivity contribution in [1.29, 1.82) is 0 Å². The number of hydrogen-bond acceptors (Lipinski definition) is 6. The molecule has 0 bridgehead atoms. The molecule has 1 saturated carbocycles. The van der Waals surface area contributed by atoms with Gasteiger partial charge in [-0.3, -0.25) is 15.1 Å². The van der Waals surface area contributed by atoms with Crippen molar-refractivity contribution in [3.8, 4) is 0 Å². The molecule has 1 saturated heterocycles. The average molecular weight is 484 g/mol. The number of ether oxygens (including phenoxy) is 1. The second kappa shape index (κ2) is 11.1. The molecule has 1 aliphatic carbocycles. The topological polar surface area (TPSA) is 86.5 Å². The summed E-state index contributed by atoms with van der Waals surface area (Å²) in [4.78, 5) is 15.4. The third-order valence-corrected chi connectivity index (χ3v) is 12.3. The SMILES string of the molecule is CC[Si](CC)(CC)OC1C(NCc2ccccc2)CC(c2ccncc2[N+](=O)[O-])OC1C1CC1. The number of hydrogen-bond donors (Lipinski definition) is 1. The Hall–Kier alpha value is -2.13. The highest BCUT2D eigenvalue weighted by atomic mass is 28.4. The van der Waals surface area contributed by atoms with Crippen molar-refractivity contribution in [3.05, 3.63) is 70.0 Å². The van der Waals surface area contributed by atoms with E-state index in [1.807, 2.05) is 18.2 Å². The molecular formula is C26H37N3O4Si. The van der Waals surface area contributed by atoms with Gasteiger partial charge in [0, 0.05) is 18.8 Å². The van der Waals surface area contributed by atoms with Gasteiger partial charge in [0.25, 0.3) is 5.69 Å². The van der Waals surface area contributed by atoms with E-state index < -0.39 is 8.32 Å². The predicted octanol–water partition coefficient (Wildman–Crippen LogP) is 5.78. The summed E-state index contributed by atoms with van der Waals surface area (Å²) in [6.45, 7) is 7.49. The lowest BCUT2D eigenvalue weighted by molar-refractivity contribution is -0.386. The fourth-order valence-electron chi connectivity index (χ4n) is 5.22. The molecule has 184 valence electrons. The van der Waals surface area contributed by atoms with Crippen molar-refractivity contribution in [3.63, 3.8) is 0 Å². The predicted molar refractivity (Wildman–Crippen MR) is 135 cm³/mol. The first-order chi connectivity index (χ1) is 16.5. The molecule has 8 heteroatoms. The van der Waals surface area contributed by atoms with Gasteiger partial charge < -0.3 is 14.5 Å². The summed E-state index contributed by atoms with van der Waals surface area (Å²) < 4.78 is 13.8. The van der Waals surface area contributed by atoms with Gasteiger partial charge in [-0.25, -0.2) is 0 Å². The summed E-state index contributed by atoms with van der Waals surface area (Å²) in [6.07, 6.45) is 5.38. The van der Waals surface area contributed by atoms with Crippen LogP contribution in [0.15, 0.2) is 48.8 Å². The third-order valence-electron chi connectivity index (χ3n) is 7.70. The molecule has 4 unspecified atom stereocenters. The highest BCUT2D eigenvalue weighted by Gasteiger charge is 2.50. The molecule has 1 aliphatic heterocycles. The minimum absolute atomic E-state index is 0.0302. The standard InChI is InChI=1S/C26H37N3O4Si/c1-4-34(5-2,6-3)33-26-22(28-17-19-10-8-7-9-11-19)16-24(32-25(26)20-12-13-20)21-14-15-27-18-23(21)29(30)31/h7-11,14-15,18,20,22,24-26,28H,4-6,12-13,16-17H2,1-3H3. The van der Waals surface area contributed by atoms with Crippen LogP contribution >= 0.6 is 0 Å². The van der Waals surface area contributed by atoms with Gasteiger partial charge in [-0.2, -0.15) is 0 Å². The van der Waals surface area contributed by atoms with Gasteiger partial charge >= 0.3 is 0 Å². The zero-order chi connectivity index (χ0) is 24.1. The molecule has 4 rings (SSSR count). The molecule has 34 heavy (non-hydrogen) atoms. The molecule has 0 spiro atoms. The molecule has 1 N–H and O–H groups in total. The molecule has 0 radical (unpaired) electrons. The number of benzene rings is 1. The van der Waals surface area contributed by atoms with Gasteiger partial charge in [0.15, 0.2) is 8.32 Å². The van der Waals surface area contributed by atoms with Crippen LogP contribution in [0.2, 0.25) is 18.1 Å². The minimum Gasteiger partial charge on any atom is -0.410 e. The van der Waals surface area contributed by atoms with Crippen molar-refractivity contribution in [2.45, 2.75) is 89.1 Å². The Morgan fingerprint density at radius 1 is 1.15 bits per heavy atom. The summed E-state index contributed by atoms with van der Waals surface area (Å²) >= 11 is 0. The molecule has 2 heterocycles. The molecule has 2 fully saturated rings. The monoisotopic (exact) mass is 483 g/mol. The molecule has 1 aromatic heterocycles. The third kappa shape index (κ3) is 5.57. The number of pyridine rings is 1. The number of aromatic nitrogens is 1. The van der Waals surface area contributed by atoms with Crippen LogP contribution in [0.25, 0.3) is 0 Å². The van der Waals surface area contributed by atoms with Gasteiger partial charge in [0.05, 0.1) is 28.8 Å². The molecule has 0 amide bonds. The normalized spacial score (nSPS) is 25.3. The zero-order valence-corrected chi connectivity index (χ0v) is 21.5. The minimum atomic E-state index is -1.88. The number of nitrogens with one attached hydrogen (secondary N) is 1. The summed E-state index contributed by atoms with van der Waals surface area (Å²) in [5.74, 6) is 0.451. The van der Waals surface area contributed by atoms with E-state index in [0.717, 1.165) is 37.5 Å². The Balaban J connectivity index is 1.65. The van der Waals surface area contributed by atoms with Gasteiger partial charge in [-0.05, 0) is 54.9 Å². The Morgan fingerprint density at radius 2 is 1.85 bits per heavy atom. The summed E-state index contributed by atoms with van der Waals surface area (Å²) in [5, 5.41) is 15.5. The Bertz CT molecular complexity index is 944. The Kier molecular flexibility index (Phi) is 8.13. The van der Waals surface area contributed by atoms with Crippen LogP contribution in [0.4, 0.5) is 5.69 Å². The quantitative estimate of drug-likeness (QED) is 0.248. The van der Waals surface area contributed by atoms with Crippen molar-refractivity contribution in [1.82, 2.24) is 10.3 Å². The number of nitrogens with zero attached hydrogens (tertiary/aromatic N) is 2. The van der Waals surface area contributed by atoms with E-state index in [9.17, 15) is 10.1 Å². The molecule has 2 aromatic rings. The fourth-order valence-corrected chi connectivity index (χ4v) is 8.10. The fraction of sp³-hybridized carbons (Fsp3) is 0.577. The van der Waals surface area contributed by atoms with E-state index in [2.05, 4.69) is 43.2 Å². The van der Waals surface area contributed by atoms with E-state index in [0.29, 0.717) is 17.9 Å². The van der Waals surface area contributed by atoms with Crippen LogP contribution in [-0.4, -0.2) is 36.5 Å². The van der Waals surface area contributed by atoms with E-state index in [4.69, 9.17) is 9.16 Å². The lowest BCUT2D eigenvalue weighted by Gasteiger charge is -2.46. The van der Waals surface area contributed by atoms with Gasteiger partial charge in [-0.15, -0.1) is 0 Å². The largest absolute Gasteiger partial charge is 0.410 e. The van der Waals surface area contributed by atoms with E-state index in [1.165, 1.54) is 11.8 Å². The average Bonchev–Trinajstić information content (AvgIpc) is 3.72. The first-order valence-electron chi connectivity index (χ1n) is 12.7. The molecular weight excluding hydrogens is 446 g/mol. The highest BCUT2D eigenvalue weighted by molar-refractivity contribution is 6.73. The van der Waals surface area contributed by atoms with Crippen LogP contribution in [0.3, 0.4) is 0 Å². The van der Waals surface area contributed by atoms with E-state index in [1.54, 1.807) is 12.3 Å². The van der Waals surface area contributed by atoms with Crippen LogP contribution in [0.5, 0.6) is 0 Å². The number of nitro groups is 1.